The summed E-state index contributed by atoms with van der Waals surface area (Å²) in [5, 5.41) is 160. The maximum absolute atomic E-state index is 12.0. The standard InChI is InChI=1S/C24H14O7.C20H18O7.C16H12O7.C16H10O7/c25-16-9-7-13-19(12-5-1-3-11-4-2-6-15(18(11)12)24(29)30)14-8-10-17(26)21(28)23(14)31-22(13)20(16)27;21-13-7-5-11-15(9-3-1-2-4-10(9)20(25)26)12-6-8-14(22)17(24)19(12)27-18(11)16(13)23;2*17-10-4-1-8-7(3-6-12(19)20)9-2-5-11(18)14(22)16(9)23-15(8)13(10)21/h1-10,25,27-28H,(H,29,30);5-10,21,23-24H,1-4H2,(H,25,26);1-2,4-5,17,21-22H,3,6H2,(H,19,20);1-6,17,21-22H,(H,19,20)/b;;;6-3+. The van der Waals surface area contributed by atoms with Crippen molar-refractivity contribution >= 4 is 84.6 Å². The van der Waals surface area contributed by atoms with Crippen LogP contribution in [0.15, 0.2) is 176 Å². The van der Waals surface area contributed by atoms with E-state index in [1.807, 2.05) is 0 Å². The Morgan fingerprint density at radius 2 is 0.837 bits per heavy atom. The fourth-order valence-corrected chi connectivity index (χ4v) is 13.0. The zero-order chi connectivity index (χ0) is 74.6. The van der Waals surface area contributed by atoms with Crippen LogP contribution in [0.25, 0.3) is 117 Å². The van der Waals surface area contributed by atoms with Crippen molar-refractivity contribution in [2.45, 2.75) is 44.4 Å². The molecule has 1 fully saturated rings. The third kappa shape index (κ3) is 12.3. The van der Waals surface area contributed by atoms with Crippen molar-refractivity contribution in [3.8, 4) is 125 Å². The molecule has 4 aliphatic heterocycles. The number of fused-ring (bicyclic) bond motifs is 9. The highest BCUT2D eigenvalue weighted by atomic mass is 16.4. The van der Waals surface area contributed by atoms with E-state index in [9.17, 15) is 110 Å². The molecular formula is C76H54O28. The topological polar surface area (TPSA) is 513 Å². The van der Waals surface area contributed by atoms with Gasteiger partial charge in [0.2, 0.25) is 67.7 Å². The van der Waals surface area contributed by atoms with Crippen LogP contribution in [0.4, 0.5) is 0 Å². The van der Waals surface area contributed by atoms with Crippen LogP contribution in [0.5, 0.6) is 69.0 Å². The lowest BCUT2D eigenvalue weighted by atomic mass is 9.73. The molecule has 6 aromatic carbocycles. The molecule has 0 saturated heterocycles. The van der Waals surface area contributed by atoms with Gasteiger partial charge in [-0.2, -0.15) is 0 Å². The number of hydrogen-bond donors (Lipinski definition) is 16. The van der Waals surface area contributed by atoms with E-state index in [1.54, 1.807) is 36.4 Å². The minimum Gasteiger partial charge on any atom is -0.504 e. The van der Waals surface area contributed by atoms with Gasteiger partial charge in [-0.1, -0.05) is 43.2 Å². The summed E-state index contributed by atoms with van der Waals surface area (Å²) in [7, 11) is 0. The Bertz CT molecular complexity index is 6050. The largest absolute Gasteiger partial charge is 0.504 e. The van der Waals surface area contributed by atoms with E-state index >= 15 is 0 Å². The van der Waals surface area contributed by atoms with E-state index in [4.69, 9.17) is 27.9 Å². The maximum Gasteiger partial charge on any atom is 0.336 e. The zero-order valence-corrected chi connectivity index (χ0v) is 53.3. The van der Waals surface area contributed by atoms with E-state index in [1.165, 1.54) is 91.0 Å². The average Bonchev–Trinajstić information content (AvgIpc) is 0.745. The second-order valence-electron chi connectivity index (χ2n) is 23.9. The summed E-state index contributed by atoms with van der Waals surface area (Å²) < 4.78 is 22.0. The molecule has 0 aromatic heterocycles. The van der Waals surface area contributed by atoms with Gasteiger partial charge in [0.15, 0.2) is 68.4 Å². The van der Waals surface area contributed by atoms with Crippen LogP contribution in [0, 0.1) is 5.92 Å². The number of phenols is 12. The lowest BCUT2D eigenvalue weighted by molar-refractivity contribution is -0.143. The molecule has 104 heavy (non-hydrogen) atoms. The number of aromatic carboxylic acids is 1. The minimum atomic E-state index is -1.19. The van der Waals surface area contributed by atoms with Crippen LogP contribution in [0.2, 0.25) is 0 Å². The predicted octanol–water partition coefficient (Wildman–Crippen LogP) is 12.1. The van der Waals surface area contributed by atoms with Gasteiger partial charge in [-0.15, -0.1) is 0 Å². The molecule has 0 radical (unpaired) electrons. The Hall–Kier alpha value is -14.4. The van der Waals surface area contributed by atoms with E-state index in [-0.39, 0.29) is 75.3 Å². The van der Waals surface area contributed by atoms with Crippen molar-refractivity contribution < 1.29 is 119 Å². The lowest BCUT2D eigenvalue weighted by Gasteiger charge is -2.31. The van der Waals surface area contributed by atoms with Crippen LogP contribution >= 0.6 is 0 Å². The second-order valence-corrected chi connectivity index (χ2v) is 23.9. The molecule has 526 valence electrons. The highest BCUT2D eigenvalue weighted by Crippen LogP contribution is 2.52. The number of aliphatic carboxylic acids is 3. The van der Waals surface area contributed by atoms with Gasteiger partial charge in [-0.05, 0) is 162 Å². The van der Waals surface area contributed by atoms with E-state index < -0.39 is 121 Å². The predicted molar refractivity (Wildman–Crippen MR) is 371 cm³/mol. The third-order valence-corrected chi connectivity index (χ3v) is 17.8. The van der Waals surface area contributed by atoms with Crippen LogP contribution < -0.4 is 21.7 Å². The smallest absolute Gasteiger partial charge is 0.336 e. The highest BCUT2D eigenvalue weighted by molar-refractivity contribution is 6.16. The summed E-state index contributed by atoms with van der Waals surface area (Å²) in [6, 6.07) is 31.7. The molecule has 2 atom stereocenters. The number of carboxylic acid groups (broad SMARTS) is 4. The molecule has 9 aliphatic rings. The Balaban J connectivity index is 0.000000131. The van der Waals surface area contributed by atoms with Crippen molar-refractivity contribution in [1.29, 1.82) is 0 Å². The van der Waals surface area contributed by atoms with Crippen molar-refractivity contribution in [2.24, 2.45) is 5.92 Å². The number of aromatic hydroxyl groups is 12. The van der Waals surface area contributed by atoms with Crippen molar-refractivity contribution in [1.82, 2.24) is 0 Å². The Morgan fingerprint density at radius 1 is 0.413 bits per heavy atom. The van der Waals surface area contributed by atoms with Crippen molar-refractivity contribution in [2.75, 3.05) is 0 Å². The molecule has 0 amide bonds. The van der Waals surface area contributed by atoms with E-state index in [0.29, 0.717) is 89.7 Å². The number of carbonyl (C=O) groups is 4. The average molecular weight is 1420 g/mol. The van der Waals surface area contributed by atoms with Gasteiger partial charge in [0, 0.05) is 67.2 Å². The number of rotatable bonds is 9. The fourth-order valence-electron chi connectivity index (χ4n) is 13.0. The van der Waals surface area contributed by atoms with Crippen molar-refractivity contribution in [3.63, 3.8) is 0 Å². The molecule has 5 aliphatic carbocycles. The first-order valence-electron chi connectivity index (χ1n) is 31.2. The first-order valence-corrected chi connectivity index (χ1v) is 31.2. The Kier molecular flexibility index (Phi) is 18.3. The molecule has 4 heterocycles. The van der Waals surface area contributed by atoms with Gasteiger partial charge in [0.25, 0.3) is 0 Å². The Morgan fingerprint density at radius 3 is 1.36 bits per heavy atom. The Labute approximate surface area is 579 Å². The van der Waals surface area contributed by atoms with Gasteiger partial charge < -0.3 is 99.4 Å². The SMILES string of the molecule is O=C(O)/C=C/c1c2ccc(=O)c(O)c-2oc2c(O)c(O)ccc12.O=C(O)C1CCCCC1c1c2ccc(=O)c(O)c-2oc2c(O)c(O)ccc12.O=C(O)CCc1c2ccc(=O)c(O)c-2oc2c(O)c(O)ccc12.O=C(O)c1cccc2cccc(-c3c4ccc(=O)c(O)c-4oc4c(O)c(O)ccc34)c12. The minimum absolute atomic E-state index is 0.0721. The number of carboxylic acids is 4. The van der Waals surface area contributed by atoms with Gasteiger partial charge in [-0.3, -0.25) is 28.8 Å². The number of benzene rings is 10. The quantitative estimate of drug-likeness (QED) is 0.0362. The first kappa shape index (κ1) is 69.5. The van der Waals surface area contributed by atoms with E-state index in [0.717, 1.165) is 31.1 Å². The summed E-state index contributed by atoms with van der Waals surface area (Å²) >= 11 is 0. The van der Waals surface area contributed by atoms with E-state index in [2.05, 4.69) is 0 Å². The molecule has 0 spiro atoms. The third-order valence-electron chi connectivity index (χ3n) is 17.8. The van der Waals surface area contributed by atoms with Gasteiger partial charge in [-0.25, -0.2) is 9.59 Å². The molecular weight excluding hydrogens is 1360 g/mol. The molecule has 28 nitrogen and oxygen atoms in total. The monoisotopic (exact) mass is 1410 g/mol. The summed E-state index contributed by atoms with van der Waals surface area (Å²) in [6.07, 6.45) is 4.83. The molecule has 16 N–H and O–H groups in total. The molecule has 15 rings (SSSR count). The zero-order valence-electron chi connectivity index (χ0n) is 53.3. The highest BCUT2D eigenvalue weighted by Gasteiger charge is 2.37. The molecule has 28 heteroatoms. The van der Waals surface area contributed by atoms with Gasteiger partial charge in [0.1, 0.15) is 0 Å². The van der Waals surface area contributed by atoms with Crippen LogP contribution in [0.3, 0.4) is 0 Å². The fraction of sp³-hybridized carbons (Fsp3) is 0.105. The molecule has 1 saturated carbocycles. The molecule has 0 bridgehead atoms. The van der Waals surface area contributed by atoms with Gasteiger partial charge in [0.05, 0.1) is 11.5 Å². The second kappa shape index (κ2) is 27.3. The normalized spacial score (nSPS) is 13.6. The number of phenolic OH excluding ortho intramolecular Hbond substituents is 12. The molecule has 6 aromatic rings. The summed E-state index contributed by atoms with van der Waals surface area (Å²) in [4.78, 5) is 92.5. The number of aryl methyl sites for hydroxylation is 1. The summed E-state index contributed by atoms with van der Waals surface area (Å²) in [5.41, 5.74) is 0.672. The first-order chi connectivity index (χ1) is 49.6. The van der Waals surface area contributed by atoms with Crippen LogP contribution in [-0.4, -0.2) is 106 Å². The van der Waals surface area contributed by atoms with Crippen molar-refractivity contribution in [3.05, 3.63) is 203 Å². The maximum atomic E-state index is 12.0. The van der Waals surface area contributed by atoms with Crippen LogP contribution in [0.1, 0.15) is 65.1 Å². The summed E-state index contributed by atoms with van der Waals surface area (Å²) in [6.45, 7) is 0. The lowest BCUT2D eigenvalue weighted by Crippen LogP contribution is -2.26. The number of hydrogen-bond acceptors (Lipinski definition) is 24. The van der Waals surface area contributed by atoms with Crippen LogP contribution in [-0.2, 0) is 20.8 Å². The van der Waals surface area contributed by atoms with Gasteiger partial charge >= 0.3 is 23.9 Å². The summed E-state index contributed by atoms with van der Waals surface area (Å²) in [5.74, 6) is -12.4. The molecule has 2 unspecified atom stereocenters.